The Morgan fingerprint density at radius 2 is 1.72 bits per heavy atom. The highest BCUT2D eigenvalue weighted by atomic mass is 32.1. The van der Waals surface area contributed by atoms with Crippen molar-refractivity contribution in [3.63, 3.8) is 0 Å². The molecule has 0 spiro atoms. The summed E-state index contributed by atoms with van der Waals surface area (Å²) in [5.41, 5.74) is 3.12. The van der Waals surface area contributed by atoms with Gasteiger partial charge in [0.2, 0.25) is 0 Å². The lowest BCUT2D eigenvalue weighted by Gasteiger charge is -2.17. The van der Waals surface area contributed by atoms with E-state index >= 15 is 0 Å². The number of rotatable bonds is 13. The second-order valence-electron chi connectivity index (χ2n) is 8.35. The standard InChI is InChI=1S/C27H39FS/c1-5-8-10-11-13-22(12-9-6-2)14-15-23-16-17-24(25(28)20-23)27-19-18-26(29-27)21(4)7-3/h7,16-20,22H,5-6,8-15H2,1-4H3/b21-7-. The highest BCUT2D eigenvalue weighted by Crippen LogP contribution is 2.34. The summed E-state index contributed by atoms with van der Waals surface area (Å²) in [5.74, 6) is 0.709. The zero-order valence-corrected chi connectivity index (χ0v) is 19.7. The van der Waals surface area contributed by atoms with Crippen molar-refractivity contribution in [2.75, 3.05) is 0 Å². The Labute approximate surface area is 182 Å². The van der Waals surface area contributed by atoms with E-state index in [-0.39, 0.29) is 5.82 Å². The van der Waals surface area contributed by atoms with Gasteiger partial charge in [0.1, 0.15) is 5.82 Å². The lowest BCUT2D eigenvalue weighted by molar-refractivity contribution is 0.388. The van der Waals surface area contributed by atoms with Crippen LogP contribution in [-0.4, -0.2) is 0 Å². The topological polar surface area (TPSA) is 0 Å². The summed E-state index contributed by atoms with van der Waals surface area (Å²) in [4.78, 5) is 2.23. The third-order valence-electron chi connectivity index (χ3n) is 6.00. The van der Waals surface area contributed by atoms with Gasteiger partial charge < -0.3 is 0 Å². The van der Waals surface area contributed by atoms with Crippen molar-refractivity contribution < 1.29 is 4.39 Å². The molecule has 0 N–H and O–H groups in total. The maximum Gasteiger partial charge on any atom is 0.132 e. The molecular formula is C27H39FS. The van der Waals surface area contributed by atoms with E-state index in [0.717, 1.165) is 28.3 Å². The molecule has 0 aliphatic rings. The van der Waals surface area contributed by atoms with Gasteiger partial charge in [-0.25, -0.2) is 4.39 Å². The van der Waals surface area contributed by atoms with Crippen LogP contribution in [0.2, 0.25) is 0 Å². The third kappa shape index (κ3) is 7.74. The fourth-order valence-electron chi connectivity index (χ4n) is 3.91. The van der Waals surface area contributed by atoms with Crippen LogP contribution in [0.15, 0.2) is 36.4 Å². The molecule has 0 amide bonds. The Hall–Kier alpha value is -1.41. The number of benzene rings is 1. The van der Waals surface area contributed by atoms with Gasteiger partial charge in [-0.05, 0) is 61.9 Å². The molecule has 1 atom stereocenters. The zero-order chi connectivity index (χ0) is 21.1. The minimum absolute atomic E-state index is 0.0814. The van der Waals surface area contributed by atoms with Crippen LogP contribution in [0, 0.1) is 11.7 Å². The Bertz CT molecular complexity index is 756. The van der Waals surface area contributed by atoms with Crippen molar-refractivity contribution in [2.24, 2.45) is 5.92 Å². The molecule has 0 nitrogen and oxygen atoms in total. The Morgan fingerprint density at radius 3 is 2.41 bits per heavy atom. The van der Waals surface area contributed by atoms with E-state index in [1.807, 2.05) is 19.1 Å². The fraction of sp³-hybridized carbons (Fsp3) is 0.556. The molecule has 0 aliphatic carbocycles. The van der Waals surface area contributed by atoms with Crippen molar-refractivity contribution in [1.82, 2.24) is 0 Å². The first kappa shape index (κ1) is 23.9. The second kappa shape index (κ2) is 13.0. The van der Waals surface area contributed by atoms with Crippen LogP contribution >= 0.6 is 11.3 Å². The van der Waals surface area contributed by atoms with Crippen LogP contribution in [0.3, 0.4) is 0 Å². The van der Waals surface area contributed by atoms with Gasteiger partial charge in [0.15, 0.2) is 0 Å². The van der Waals surface area contributed by atoms with Crippen LogP contribution in [-0.2, 0) is 6.42 Å². The molecule has 160 valence electrons. The summed E-state index contributed by atoms with van der Waals surface area (Å²) in [6, 6.07) is 10.0. The maximum absolute atomic E-state index is 14.8. The van der Waals surface area contributed by atoms with Gasteiger partial charge in [-0.15, -0.1) is 11.3 Å². The molecule has 0 bridgehead atoms. The molecule has 0 aliphatic heterocycles. The van der Waals surface area contributed by atoms with E-state index in [1.165, 1.54) is 68.2 Å². The lowest BCUT2D eigenvalue weighted by atomic mass is 9.89. The van der Waals surface area contributed by atoms with Crippen molar-refractivity contribution in [1.29, 1.82) is 0 Å². The highest BCUT2D eigenvalue weighted by molar-refractivity contribution is 7.16. The number of halogens is 1. The number of allylic oxidation sites excluding steroid dienone is 2. The predicted molar refractivity (Wildman–Crippen MR) is 129 cm³/mol. The van der Waals surface area contributed by atoms with Gasteiger partial charge in [-0.2, -0.15) is 0 Å². The average Bonchev–Trinajstić information content (AvgIpc) is 3.22. The first-order valence-electron chi connectivity index (χ1n) is 11.6. The van der Waals surface area contributed by atoms with Crippen LogP contribution in [0.4, 0.5) is 4.39 Å². The van der Waals surface area contributed by atoms with E-state index in [1.54, 1.807) is 17.4 Å². The summed E-state index contributed by atoms with van der Waals surface area (Å²) in [6.45, 7) is 8.69. The molecule has 1 unspecified atom stereocenters. The van der Waals surface area contributed by atoms with Crippen LogP contribution < -0.4 is 0 Å². The first-order chi connectivity index (χ1) is 14.1. The number of aryl methyl sites for hydroxylation is 1. The number of hydrogen-bond donors (Lipinski definition) is 0. The molecule has 2 rings (SSSR count). The highest BCUT2D eigenvalue weighted by Gasteiger charge is 2.12. The normalized spacial score (nSPS) is 13.1. The summed E-state index contributed by atoms with van der Waals surface area (Å²) < 4.78 is 14.8. The second-order valence-corrected chi connectivity index (χ2v) is 9.43. The van der Waals surface area contributed by atoms with E-state index in [4.69, 9.17) is 0 Å². The smallest absolute Gasteiger partial charge is 0.132 e. The summed E-state index contributed by atoms with van der Waals surface area (Å²) >= 11 is 1.67. The van der Waals surface area contributed by atoms with E-state index in [2.05, 4.69) is 39.0 Å². The number of thiophene rings is 1. The van der Waals surface area contributed by atoms with Crippen LogP contribution in [0.1, 0.15) is 95.9 Å². The quantitative estimate of drug-likeness (QED) is 0.286. The minimum Gasteiger partial charge on any atom is -0.206 e. The minimum atomic E-state index is -0.0814. The largest absolute Gasteiger partial charge is 0.206 e. The van der Waals surface area contributed by atoms with Crippen molar-refractivity contribution in [3.05, 3.63) is 52.7 Å². The molecule has 0 saturated heterocycles. The Balaban J connectivity index is 1.98. The zero-order valence-electron chi connectivity index (χ0n) is 18.9. The summed E-state index contributed by atoms with van der Waals surface area (Å²) in [5, 5.41) is 0. The molecule has 1 aromatic carbocycles. The SMILES string of the molecule is C/C=C(/C)c1ccc(-c2ccc(CCC(CCCC)CCCCCC)cc2F)s1. The van der Waals surface area contributed by atoms with Crippen molar-refractivity contribution in [2.45, 2.75) is 91.9 Å². The average molecular weight is 415 g/mol. The van der Waals surface area contributed by atoms with Gasteiger partial charge in [0.25, 0.3) is 0 Å². The number of unbranched alkanes of at least 4 members (excludes halogenated alkanes) is 4. The Morgan fingerprint density at radius 1 is 0.966 bits per heavy atom. The molecule has 0 saturated carbocycles. The molecule has 2 heteroatoms. The molecule has 1 heterocycles. The molecule has 0 fully saturated rings. The van der Waals surface area contributed by atoms with Crippen molar-refractivity contribution >= 4 is 16.9 Å². The summed E-state index contributed by atoms with van der Waals surface area (Å²) in [6.07, 6.45) is 14.9. The van der Waals surface area contributed by atoms with Crippen LogP contribution in [0.25, 0.3) is 16.0 Å². The van der Waals surface area contributed by atoms with E-state index < -0.39 is 0 Å². The predicted octanol–water partition coefficient (Wildman–Crippen LogP) is 9.69. The monoisotopic (exact) mass is 414 g/mol. The van der Waals surface area contributed by atoms with Crippen LogP contribution in [0.5, 0.6) is 0 Å². The van der Waals surface area contributed by atoms with Gasteiger partial charge in [0, 0.05) is 15.3 Å². The van der Waals surface area contributed by atoms with Gasteiger partial charge in [0.05, 0.1) is 0 Å². The molecular weight excluding hydrogens is 375 g/mol. The van der Waals surface area contributed by atoms with Crippen molar-refractivity contribution in [3.8, 4) is 10.4 Å². The molecule has 2 aromatic rings. The Kier molecular flexibility index (Phi) is 10.7. The van der Waals surface area contributed by atoms with Gasteiger partial charge in [-0.1, -0.05) is 83.4 Å². The van der Waals surface area contributed by atoms with E-state index in [0.29, 0.717) is 0 Å². The fourth-order valence-corrected chi connectivity index (χ4v) is 4.97. The van der Waals surface area contributed by atoms with Gasteiger partial charge >= 0.3 is 0 Å². The maximum atomic E-state index is 14.8. The molecule has 29 heavy (non-hydrogen) atoms. The van der Waals surface area contributed by atoms with Gasteiger partial charge in [-0.3, -0.25) is 0 Å². The third-order valence-corrected chi connectivity index (χ3v) is 7.25. The van der Waals surface area contributed by atoms with E-state index in [9.17, 15) is 4.39 Å². The summed E-state index contributed by atoms with van der Waals surface area (Å²) in [7, 11) is 0. The number of hydrogen-bond acceptors (Lipinski definition) is 1. The molecule has 1 aromatic heterocycles. The first-order valence-corrected chi connectivity index (χ1v) is 12.4. The lowest BCUT2D eigenvalue weighted by Crippen LogP contribution is -2.03. The molecule has 0 radical (unpaired) electrons.